The van der Waals surface area contributed by atoms with Gasteiger partial charge in [0, 0.05) is 22.8 Å². The number of nitrogens with one attached hydrogen (secondary N) is 1. The molecule has 2 atom stereocenters. The lowest BCUT2D eigenvalue weighted by Crippen LogP contribution is -2.66. The van der Waals surface area contributed by atoms with Crippen LogP contribution in [0.3, 0.4) is 0 Å². The first-order valence-corrected chi connectivity index (χ1v) is 9.10. The number of carbonyl (C=O) groups excluding carboxylic acids is 3. The molecule has 1 N–H and O–H groups in total. The fourth-order valence-corrected chi connectivity index (χ4v) is 4.11. The molecule has 2 fully saturated rings. The van der Waals surface area contributed by atoms with E-state index >= 15 is 0 Å². The molecule has 1 spiro atoms. The van der Waals surface area contributed by atoms with Gasteiger partial charge in [0.2, 0.25) is 11.8 Å². The van der Waals surface area contributed by atoms with Crippen LogP contribution >= 0.6 is 0 Å². The highest BCUT2D eigenvalue weighted by Crippen LogP contribution is 2.39. The molecule has 0 bridgehead atoms. The lowest BCUT2D eigenvalue weighted by atomic mass is 9.76. The van der Waals surface area contributed by atoms with Crippen molar-refractivity contribution in [2.75, 3.05) is 12.0 Å². The summed E-state index contributed by atoms with van der Waals surface area (Å²) in [5.74, 6) is -0.639. The Balaban J connectivity index is 2.30. The second-order valence-corrected chi connectivity index (χ2v) is 7.50. The highest BCUT2D eigenvalue weighted by Gasteiger charge is 2.54. The predicted octanol–water partition coefficient (Wildman–Crippen LogP) is 1.17. The Morgan fingerprint density at radius 2 is 1.76 bits per heavy atom. The van der Waals surface area contributed by atoms with Gasteiger partial charge in [-0.15, -0.1) is 0 Å². The van der Waals surface area contributed by atoms with Crippen LogP contribution in [0.4, 0.5) is 4.79 Å². The molecular weight excluding hydrogens is 292 g/mol. The van der Waals surface area contributed by atoms with Gasteiger partial charge in [-0.05, 0) is 19.8 Å². The molecule has 1 aliphatic heterocycles. The molecule has 7 heteroatoms. The topological polar surface area (TPSA) is 83.6 Å². The quantitative estimate of drug-likeness (QED) is 0.793. The third-order valence-corrected chi connectivity index (χ3v) is 5.33. The monoisotopic (exact) mass is 314 g/mol. The minimum Gasteiger partial charge on any atom is -0.277 e. The summed E-state index contributed by atoms with van der Waals surface area (Å²) in [5, 5.41) is 2.33. The number of carbonyl (C=O) groups is 3. The van der Waals surface area contributed by atoms with Crippen LogP contribution in [0.1, 0.15) is 45.4 Å². The second-order valence-electron chi connectivity index (χ2n) is 6.02. The SMILES string of the molecule is CC(CS(C)=O)N1C(=O)NC(=O)C2(CCCCCC2)C1=O. The molecule has 1 saturated heterocycles. The van der Waals surface area contributed by atoms with Gasteiger partial charge in [-0.3, -0.25) is 24.0 Å². The standard InChI is InChI=1S/C14H22N2O4S/c1-10(9-21(2)20)16-12(18)14(11(17)15-13(16)19)7-5-3-4-6-8-14/h10H,3-9H2,1-2H3,(H,15,17,19). The van der Waals surface area contributed by atoms with Crippen molar-refractivity contribution in [3.05, 3.63) is 0 Å². The molecule has 2 aliphatic rings. The number of barbiturate groups is 1. The highest BCUT2D eigenvalue weighted by atomic mass is 32.2. The Morgan fingerprint density at radius 3 is 2.29 bits per heavy atom. The van der Waals surface area contributed by atoms with Crippen molar-refractivity contribution >= 4 is 28.6 Å². The summed E-state index contributed by atoms with van der Waals surface area (Å²) in [6.07, 6.45) is 6.16. The van der Waals surface area contributed by atoms with Gasteiger partial charge in [-0.2, -0.15) is 0 Å². The van der Waals surface area contributed by atoms with E-state index in [2.05, 4.69) is 5.32 Å². The molecule has 0 radical (unpaired) electrons. The van der Waals surface area contributed by atoms with Gasteiger partial charge in [0.15, 0.2) is 0 Å². The first-order valence-electron chi connectivity index (χ1n) is 7.37. The molecule has 0 aromatic carbocycles. The molecule has 118 valence electrons. The number of hydrogen-bond acceptors (Lipinski definition) is 4. The average molecular weight is 314 g/mol. The maximum atomic E-state index is 12.8. The van der Waals surface area contributed by atoms with E-state index < -0.39 is 40.1 Å². The Kier molecular flexibility index (Phi) is 4.81. The maximum Gasteiger partial charge on any atom is 0.331 e. The van der Waals surface area contributed by atoms with Crippen molar-refractivity contribution in [3.8, 4) is 0 Å². The number of urea groups is 1. The minimum atomic E-state index is -1.11. The fourth-order valence-electron chi connectivity index (χ4n) is 3.28. The molecule has 1 saturated carbocycles. The zero-order valence-electron chi connectivity index (χ0n) is 12.5. The number of rotatable bonds is 3. The predicted molar refractivity (Wildman–Crippen MR) is 78.9 cm³/mol. The zero-order valence-corrected chi connectivity index (χ0v) is 13.3. The van der Waals surface area contributed by atoms with Gasteiger partial charge in [0.05, 0.1) is 6.04 Å². The maximum absolute atomic E-state index is 12.8. The molecule has 2 unspecified atom stereocenters. The van der Waals surface area contributed by atoms with E-state index in [4.69, 9.17) is 0 Å². The van der Waals surface area contributed by atoms with Gasteiger partial charge in [-0.25, -0.2) is 4.79 Å². The number of amides is 4. The molecule has 0 aromatic heterocycles. The van der Waals surface area contributed by atoms with Gasteiger partial charge in [0.25, 0.3) is 0 Å². The van der Waals surface area contributed by atoms with E-state index in [-0.39, 0.29) is 5.75 Å². The summed E-state index contributed by atoms with van der Waals surface area (Å²) in [5.41, 5.74) is -1.10. The Labute approximate surface area is 127 Å². The normalized spacial score (nSPS) is 25.4. The Hall–Kier alpha value is -1.24. The third-order valence-electron chi connectivity index (χ3n) is 4.38. The number of imide groups is 2. The molecule has 0 aromatic rings. The average Bonchev–Trinajstić information content (AvgIpc) is 2.62. The lowest BCUT2D eigenvalue weighted by Gasteiger charge is -2.41. The third kappa shape index (κ3) is 3.02. The molecule has 2 rings (SSSR count). The lowest BCUT2D eigenvalue weighted by molar-refractivity contribution is -0.153. The van der Waals surface area contributed by atoms with E-state index in [0.29, 0.717) is 12.8 Å². The first kappa shape index (κ1) is 16.1. The van der Waals surface area contributed by atoms with Crippen molar-refractivity contribution in [2.24, 2.45) is 5.41 Å². The molecule has 1 heterocycles. The number of hydrogen-bond donors (Lipinski definition) is 1. The molecule has 1 aliphatic carbocycles. The van der Waals surface area contributed by atoms with Crippen molar-refractivity contribution in [1.82, 2.24) is 10.2 Å². The van der Waals surface area contributed by atoms with Crippen LogP contribution < -0.4 is 5.32 Å². The van der Waals surface area contributed by atoms with E-state index in [1.807, 2.05) is 0 Å². The summed E-state index contributed by atoms with van der Waals surface area (Å²) in [4.78, 5) is 38.3. The van der Waals surface area contributed by atoms with Crippen molar-refractivity contribution in [2.45, 2.75) is 51.5 Å². The summed E-state index contributed by atoms with van der Waals surface area (Å²) in [6, 6.07) is -1.16. The first-order chi connectivity index (χ1) is 9.88. The van der Waals surface area contributed by atoms with Crippen LogP contribution in [0.2, 0.25) is 0 Å². The largest absolute Gasteiger partial charge is 0.331 e. The Bertz CT molecular complexity index is 483. The van der Waals surface area contributed by atoms with E-state index in [1.165, 1.54) is 6.26 Å². The second kappa shape index (κ2) is 6.25. The molecule has 4 amide bonds. The van der Waals surface area contributed by atoms with Crippen molar-refractivity contribution in [1.29, 1.82) is 0 Å². The van der Waals surface area contributed by atoms with Crippen LogP contribution in [0.15, 0.2) is 0 Å². The van der Waals surface area contributed by atoms with Crippen molar-refractivity contribution < 1.29 is 18.6 Å². The van der Waals surface area contributed by atoms with E-state index in [1.54, 1.807) is 6.92 Å². The minimum absolute atomic E-state index is 0.226. The van der Waals surface area contributed by atoms with Gasteiger partial charge < -0.3 is 0 Å². The van der Waals surface area contributed by atoms with Crippen LogP contribution in [0.5, 0.6) is 0 Å². The van der Waals surface area contributed by atoms with Crippen LogP contribution in [-0.4, -0.2) is 45.0 Å². The van der Waals surface area contributed by atoms with Crippen LogP contribution in [-0.2, 0) is 20.4 Å². The van der Waals surface area contributed by atoms with E-state index in [0.717, 1.165) is 30.6 Å². The van der Waals surface area contributed by atoms with Gasteiger partial charge in [-0.1, -0.05) is 25.7 Å². The van der Waals surface area contributed by atoms with Gasteiger partial charge in [0.1, 0.15) is 5.41 Å². The summed E-state index contributed by atoms with van der Waals surface area (Å²) in [7, 11) is -1.11. The highest BCUT2D eigenvalue weighted by molar-refractivity contribution is 7.84. The van der Waals surface area contributed by atoms with Gasteiger partial charge >= 0.3 is 6.03 Å². The summed E-state index contributed by atoms with van der Waals surface area (Å²) >= 11 is 0. The van der Waals surface area contributed by atoms with E-state index in [9.17, 15) is 18.6 Å². The smallest absolute Gasteiger partial charge is 0.277 e. The van der Waals surface area contributed by atoms with Crippen LogP contribution in [0.25, 0.3) is 0 Å². The summed E-state index contributed by atoms with van der Waals surface area (Å²) < 4.78 is 11.4. The fraction of sp³-hybridized carbons (Fsp3) is 0.786. The molecule has 6 nitrogen and oxygen atoms in total. The molecule has 21 heavy (non-hydrogen) atoms. The molecular formula is C14H22N2O4S. The zero-order chi connectivity index (χ0) is 15.6. The van der Waals surface area contributed by atoms with Crippen molar-refractivity contribution in [3.63, 3.8) is 0 Å². The number of nitrogens with zero attached hydrogens (tertiary/aromatic N) is 1. The summed E-state index contributed by atoms with van der Waals surface area (Å²) in [6.45, 7) is 1.69. The Morgan fingerprint density at radius 1 is 1.19 bits per heavy atom. The van der Waals surface area contributed by atoms with Crippen LogP contribution in [0, 0.1) is 5.41 Å².